The van der Waals surface area contributed by atoms with Crippen molar-refractivity contribution < 1.29 is 33.4 Å². The van der Waals surface area contributed by atoms with E-state index in [9.17, 15) is 24.0 Å². The van der Waals surface area contributed by atoms with Crippen molar-refractivity contribution in [3.05, 3.63) is 71.3 Å². The number of nitrogens with one attached hydrogen (secondary N) is 3. The molecule has 0 saturated carbocycles. The van der Waals surface area contributed by atoms with Gasteiger partial charge in [0.1, 0.15) is 30.8 Å². The zero-order valence-electron chi connectivity index (χ0n) is 23.1. The van der Waals surface area contributed by atoms with Crippen LogP contribution in [0.5, 0.6) is 0 Å². The van der Waals surface area contributed by atoms with Crippen LogP contribution >= 0.6 is 0 Å². The molecule has 1 aliphatic rings. The van der Waals surface area contributed by atoms with E-state index < -0.39 is 54.1 Å². The third-order valence-corrected chi connectivity index (χ3v) is 5.75. The lowest BCUT2D eigenvalue weighted by molar-refractivity contribution is -0.157. The molecule has 5 amide bonds. The Morgan fingerprint density at radius 2 is 1.76 bits per heavy atom. The summed E-state index contributed by atoms with van der Waals surface area (Å²) in [7, 11) is 0. The molecule has 2 atom stereocenters. The van der Waals surface area contributed by atoms with E-state index in [1.54, 1.807) is 69.3 Å². The molecule has 2 aromatic carbocycles. The summed E-state index contributed by atoms with van der Waals surface area (Å²) in [4.78, 5) is 63.8. The number of nitrogens with zero attached hydrogens (tertiary/aromatic N) is 2. The third-order valence-electron chi connectivity index (χ3n) is 5.75. The summed E-state index contributed by atoms with van der Waals surface area (Å²) in [5.41, 5.74) is 1.45. The SMILES string of the molecule is CC(C)(C)OC(=O)C(CNC(=O)CN1C(=O)NC(Cc2ccc(/C=N/N)cc2)C1=O)NC(=O)OCc1ccccc1. The number of hydrazone groups is 1. The number of alkyl carbamates (subject to hydrolysis) is 1. The van der Waals surface area contributed by atoms with Crippen molar-refractivity contribution in [3.63, 3.8) is 0 Å². The van der Waals surface area contributed by atoms with Gasteiger partial charge in [0.15, 0.2) is 0 Å². The van der Waals surface area contributed by atoms with Gasteiger partial charge in [0.25, 0.3) is 5.91 Å². The molecule has 1 aliphatic heterocycles. The zero-order valence-corrected chi connectivity index (χ0v) is 23.1. The van der Waals surface area contributed by atoms with E-state index in [-0.39, 0.29) is 19.6 Å². The van der Waals surface area contributed by atoms with Gasteiger partial charge in [-0.05, 0) is 37.5 Å². The fraction of sp³-hybridized carbons (Fsp3) is 0.357. The molecule has 1 fully saturated rings. The number of benzene rings is 2. The molecule has 1 heterocycles. The Labute approximate surface area is 237 Å². The molecule has 13 heteroatoms. The van der Waals surface area contributed by atoms with E-state index in [2.05, 4.69) is 21.1 Å². The standard InChI is InChI=1S/C28H34N6O7/c1-28(2,3)41-25(37)22(33-27(39)40-17-20-7-5-4-6-8-20)15-30-23(35)16-34-24(36)21(32-26(34)38)13-18-9-11-19(12-10-18)14-31-29/h4-12,14,21-22H,13,15-17,29H2,1-3H3,(H,30,35)(H,32,38)(H,33,39)/b31-14+. The average molecular weight is 567 g/mol. The van der Waals surface area contributed by atoms with Gasteiger partial charge >= 0.3 is 18.1 Å². The molecular weight excluding hydrogens is 532 g/mol. The van der Waals surface area contributed by atoms with Crippen LogP contribution in [0.25, 0.3) is 0 Å². The molecule has 218 valence electrons. The van der Waals surface area contributed by atoms with Gasteiger partial charge in [0.2, 0.25) is 5.91 Å². The summed E-state index contributed by atoms with van der Waals surface area (Å²) < 4.78 is 10.5. The maximum absolute atomic E-state index is 12.8. The number of hydrogen-bond acceptors (Lipinski definition) is 9. The molecule has 0 radical (unpaired) electrons. The largest absolute Gasteiger partial charge is 0.458 e. The van der Waals surface area contributed by atoms with Crippen molar-refractivity contribution in [1.29, 1.82) is 0 Å². The maximum atomic E-state index is 12.8. The third kappa shape index (κ3) is 9.64. The summed E-state index contributed by atoms with van der Waals surface area (Å²) >= 11 is 0. The van der Waals surface area contributed by atoms with E-state index in [0.717, 1.165) is 21.6 Å². The van der Waals surface area contributed by atoms with Crippen LogP contribution in [0, 0.1) is 0 Å². The number of imide groups is 1. The molecule has 2 unspecified atom stereocenters. The topological polar surface area (TPSA) is 182 Å². The van der Waals surface area contributed by atoms with Crippen LogP contribution in [-0.4, -0.2) is 71.8 Å². The second-order valence-corrected chi connectivity index (χ2v) is 10.2. The Morgan fingerprint density at radius 3 is 2.39 bits per heavy atom. The number of ether oxygens (including phenoxy) is 2. The van der Waals surface area contributed by atoms with Crippen LogP contribution in [-0.2, 0) is 36.9 Å². The lowest BCUT2D eigenvalue weighted by atomic mass is 10.0. The van der Waals surface area contributed by atoms with Gasteiger partial charge < -0.3 is 31.3 Å². The van der Waals surface area contributed by atoms with Crippen LogP contribution in [0.2, 0.25) is 0 Å². The number of hydrogen-bond donors (Lipinski definition) is 4. The zero-order chi connectivity index (χ0) is 30.0. The molecule has 1 saturated heterocycles. The maximum Gasteiger partial charge on any atom is 0.408 e. The first kappa shape index (κ1) is 30.6. The van der Waals surface area contributed by atoms with Gasteiger partial charge in [-0.25, -0.2) is 14.4 Å². The molecule has 2 aromatic rings. The fourth-order valence-corrected chi connectivity index (χ4v) is 3.82. The highest BCUT2D eigenvalue weighted by Gasteiger charge is 2.39. The van der Waals surface area contributed by atoms with E-state index in [0.29, 0.717) is 0 Å². The summed E-state index contributed by atoms with van der Waals surface area (Å²) in [5.74, 6) is 3.06. The molecule has 41 heavy (non-hydrogen) atoms. The minimum absolute atomic E-state index is 0.0283. The van der Waals surface area contributed by atoms with E-state index in [1.807, 2.05) is 6.07 Å². The Kier molecular flexibility index (Phi) is 10.4. The Bertz CT molecular complexity index is 1280. The molecular formula is C28H34N6O7. The summed E-state index contributed by atoms with van der Waals surface area (Å²) in [6.45, 7) is 4.01. The Hall–Kier alpha value is -4.94. The molecule has 3 rings (SSSR count). The number of nitrogens with two attached hydrogens (primary N) is 1. The van der Waals surface area contributed by atoms with Crippen LogP contribution in [0.3, 0.4) is 0 Å². The van der Waals surface area contributed by atoms with Crippen LogP contribution < -0.4 is 21.8 Å². The van der Waals surface area contributed by atoms with Crippen molar-refractivity contribution >= 4 is 36.1 Å². The summed E-state index contributed by atoms with van der Waals surface area (Å²) in [5, 5.41) is 10.9. The van der Waals surface area contributed by atoms with E-state index in [4.69, 9.17) is 15.3 Å². The first-order valence-corrected chi connectivity index (χ1v) is 12.9. The number of urea groups is 1. The van der Waals surface area contributed by atoms with Gasteiger partial charge in [0, 0.05) is 13.0 Å². The summed E-state index contributed by atoms with van der Waals surface area (Å²) in [6, 6.07) is 13.2. The minimum atomic E-state index is -1.29. The second kappa shape index (κ2) is 13.9. The molecule has 5 N–H and O–H groups in total. The first-order valence-electron chi connectivity index (χ1n) is 12.9. The van der Waals surface area contributed by atoms with Crippen molar-refractivity contribution in [1.82, 2.24) is 20.9 Å². The molecule has 13 nitrogen and oxygen atoms in total. The van der Waals surface area contributed by atoms with Crippen molar-refractivity contribution in [2.75, 3.05) is 13.1 Å². The average Bonchev–Trinajstić information content (AvgIpc) is 3.17. The minimum Gasteiger partial charge on any atom is -0.458 e. The molecule has 0 aromatic heterocycles. The van der Waals surface area contributed by atoms with Crippen LogP contribution in [0.15, 0.2) is 59.7 Å². The van der Waals surface area contributed by atoms with Crippen molar-refractivity contribution in [2.45, 2.75) is 51.5 Å². The highest BCUT2D eigenvalue weighted by atomic mass is 16.6. The van der Waals surface area contributed by atoms with Crippen molar-refractivity contribution in [3.8, 4) is 0 Å². The highest BCUT2D eigenvalue weighted by Crippen LogP contribution is 2.13. The Morgan fingerprint density at radius 1 is 1.07 bits per heavy atom. The fourth-order valence-electron chi connectivity index (χ4n) is 3.82. The lowest BCUT2D eigenvalue weighted by Crippen LogP contribution is -2.52. The number of carbonyl (C=O) groups excluding carboxylic acids is 5. The highest BCUT2D eigenvalue weighted by molar-refractivity contribution is 6.06. The molecule has 0 bridgehead atoms. The predicted molar refractivity (Wildman–Crippen MR) is 148 cm³/mol. The van der Waals surface area contributed by atoms with Crippen molar-refractivity contribution in [2.24, 2.45) is 10.9 Å². The summed E-state index contributed by atoms with van der Waals surface area (Å²) in [6.07, 6.45) is 0.807. The Balaban J connectivity index is 1.55. The number of amides is 5. The second-order valence-electron chi connectivity index (χ2n) is 10.2. The first-order chi connectivity index (χ1) is 19.4. The van der Waals surface area contributed by atoms with E-state index in [1.165, 1.54) is 6.21 Å². The number of carbonyl (C=O) groups is 5. The van der Waals surface area contributed by atoms with Gasteiger partial charge in [-0.1, -0.05) is 54.6 Å². The monoisotopic (exact) mass is 566 g/mol. The smallest absolute Gasteiger partial charge is 0.408 e. The van der Waals surface area contributed by atoms with Crippen LogP contribution in [0.4, 0.5) is 9.59 Å². The van der Waals surface area contributed by atoms with E-state index >= 15 is 0 Å². The van der Waals surface area contributed by atoms with Gasteiger partial charge in [-0.15, -0.1) is 0 Å². The number of rotatable bonds is 11. The molecule has 0 aliphatic carbocycles. The lowest BCUT2D eigenvalue weighted by Gasteiger charge is -2.24. The van der Waals surface area contributed by atoms with Gasteiger partial charge in [0.05, 0.1) is 6.21 Å². The molecule has 0 spiro atoms. The normalized spacial score (nSPS) is 15.8. The van der Waals surface area contributed by atoms with Crippen LogP contribution in [0.1, 0.15) is 37.5 Å². The van der Waals surface area contributed by atoms with Gasteiger partial charge in [-0.3, -0.25) is 14.5 Å². The number of esters is 1. The van der Waals surface area contributed by atoms with Gasteiger partial charge in [-0.2, -0.15) is 5.10 Å². The predicted octanol–water partition coefficient (Wildman–Crippen LogP) is 1.20. The quantitative estimate of drug-likeness (QED) is 0.103.